The van der Waals surface area contributed by atoms with Gasteiger partial charge in [-0.15, -0.1) is 0 Å². The van der Waals surface area contributed by atoms with Crippen molar-refractivity contribution in [2.24, 2.45) is 10.9 Å². The summed E-state index contributed by atoms with van der Waals surface area (Å²) in [6.07, 6.45) is 17.0. The summed E-state index contributed by atoms with van der Waals surface area (Å²) in [5.74, 6) is 0.360. The SMILES string of the molecule is Cc1c(Br)c(CNC2CCN(C(=O)Cc3ccc4ncc(-c5cnn6c(N)c(Br)c(CNC7CCNCC7)nc56)cc4c3)CC2)nc2c(C3=CC4CC(F)=CC=C4N=C3)cnn12. The standard InChI is InChI=1S/C45H46Br2FN13O/c1-25-41(46)38(57-44-34(21-55-60(25)44)30-17-28-18-31(48)3-5-37(28)54-20-30)23-52-33-8-12-59(13-9-33)40(62)15-26-2-4-36-27(14-26)16-29(19-53-36)35-22-56-61-43(49)42(47)39(58-45(35)61)24-51-32-6-10-50-11-7-32/h2-5,14,16-17,19-22,28,32-33,50-52H,6-13,15,18,23-24,49H2,1H3. The summed E-state index contributed by atoms with van der Waals surface area (Å²) in [7, 11) is 0. The van der Waals surface area contributed by atoms with E-state index in [2.05, 4.69) is 81.2 Å². The number of aliphatic imine (C=N–C) groups is 1. The van der Waals surface area contributed by atoms with Crippen LogP contribution in [0.25, 0.3) is 38.9 Å². The highest BCUT2D eigenvalue weighted by Crippen LogP contribution is 2.35. The van der Waals surface area contributed by atoms with Gasteiger partial charge in [0.05, 0.1) is 50.4 Å². The maximum Gasteiger partial charge on any atom is 0.226 e. The Kier molecular flexibility index (Phi) is 11.3. The molecule has 2 fully saturated rings. The fourth-order valence-electron chi connectivity index (χ4n) is 8.95. The van der Waals surface area contributed by atoms with Gasteiger partial charge in [0.15, 0.2) is 11.3 Å². The molecule has 0 saturated carbocycles. The van der Waals surface area contributed by atoms with Gasteiger partial charge < -0.3 is 26.6 Å². The minimum atomic E-state index is -0.144. The lowest BCUT2D eigenvalue weighted by Gasteiger charge is -2.32. The molecule has 3 aliphatic heterocycles. The normalized spacial score (nSPS) is 18.7. The van der Waals surface area contributed by atoms with Gasteiger partial charge in [-0.2, -0.15) is 14.7 Å². The van der Waals surface area contributed by atoms with E-state index in [1.165, 1.54) is 6.08 Å². The van der Waals surface area contributed by atoms with Gasteiger partial charge in [-0.25, -0.2) is 18.9 Å². The van der Waals surface area contributed by atoms with Gasteiger partial charge in [-0.1, -0.05) is 12.1 Å². The van der Waals surface area contributed by atoms with Crippen LogP contribution in [0.15, 0.2) is 86.5 Å². The Morgan fingerprint density at radius 2 is 1.61 bits per heavy atom. The number of hydrogen-bond acceptors (Lipinski definition) is 11. The zero-order chi connectivity index (χ0) is 42.5. The van der Waals surface area contributed by atoms with Gasteiger partial charge in [0.25, 0.3) is 0 Å². The Hall–Kier alpha value is -5.20. The number of pyridine rings is 1. The number of carbonyl (C=O) groups is 1. The number of dihydropyridines is 1. The number of carbonyl (C=O) groups excluding carboxylic acids is 1. The number of halogens is 3. The predicted octanol–water partition coefficient (Wildman–Crippen LogP) is 6.79. The Morgan fingerprint density at radius 1 is 0.903 bits per heavy atom. The first-order chi connectivity index (χ1) is 30.2. The molecule has 5 N–H and O–H groups in total. The fraction of sp³-hybridized carbons (Fsp3) is 0.356. The molecule has 2 saturated heterocycles. The van der Waals surface area contributed by atoms with Gasteiger partial charge in [0, 0.05) is 96.4 Å². The molecule has 5 aromatic heterocycles. The summed E-state index contributed by atoms with van der Waals surface area (Å²) in [6, 6.07) is 8.79. The third kappa shape index (κ3) is 8.00. The number of likely N-dealkylation sites (tertiary alicyclic amines) is 1. The number of aryl methyl sites for hydroxylation is 1. The summed E-state index contributed by atoms with van der Waals surface area (Å²) >= 11 is 7.44. The largest absolute Gasteiger partial charge is 0.383 e. The first kappa shape index (κ1) is 40.8. The Morgan fingerprint density at radius 3 is 2.40 bits per heavy atom. The van der Waals surface area contributed by atoms with Gasteiger partial charge >= 0.3 is 0 Å². The van der Waals surface area contributed by atoms with Gasteiger partial charge in [0.1, 0.15) is 11.6 Å². The fourth-order valence-corrected chi connectivity index (χ4v) is 9.75. The number of amides is 1. The summed E-state index contributed by atoms with van der Waals surface area (Å²) < 4.78 is 19.2. The number of anilines is 1. The van der Waals surface area contributed by atoms with Crippen molar-refractivity contribution in [2.75, 3.05) is 31.9 Å². The molecule has 0 bridgehead atoms. The van der Waals surface area contributed by atoms with E-state index in [4.69, 9.17) is 20.7 Å². The van der Waals surface area contributed by atoms with Gasteiger partial charge in [-0.3, -0.25) is 14.8 Å². The topological polar surface area (TPSA) is 168 Å². The van der Waals surface area contributed by atoms with E-state index in [-0.39, 0.29) is 23.7 Å². The number of nitrogens with one attached hydrogen (secondary N) is 3. The predicted molar refractivity (Wildman–Crippen MR) is 246 cm³/mol. The molecule has 6 aromatic rings. The molecule has 1 unspecified atom stereocenters. The van der Waals surface area contributed by atoms with E-state index >= 15 is 0 Å². The molecular formula is C45H46Br2FN13O. The highest BCUT2D eigenvalue weighted by atomic mass is 79.9. The zero-order valence-electron chi connectivity index (χ0n) is 34.2. The molecule has 10 rings (SSSR count). The monoisotopic (exact) mass is 961 g/mol. The molecule has 4 aliphatic rings. The second-order valence-corrected chi connectivity index (χ2v) is 18.2. The number of nitrogen functional groups attached to an aromatic ring is 1. The van der Waals surface area contributed by atoms with Crippen molar-refractivity contribution in [1.29, 1.82) is 0 Å². The van der Waals surface area contributed by atoms with Crippen LogP contribution in [0, 0.1) is 12.8 Å². The van der Waals surface area contributed by atoms with Crippen molar-refractivity contribution in [1.82, 2.24) is 55.0 Å². The van der Waals surface area contributed by atoms with E-state index in [0.29, 0.717) is 56.5 Å². The van der Waals surface area contributed by atoms with Crippen molar-refractivity contribution in [3.63, 3.8) is 0 Å². The second kappa shape index (κ2) is 17.2. The van der Waals surface area contributed by atoms with Crippen molar-refractivity contribution in [2.45, 2.75) is 70.6 Å². The number of piperidine rings is 2. The number of fused-ring (bicyclic) bond motifs is 4. The minimum absolute atomic E-state index is 0.105. The average molecular weight is 964 g/mol. The summed E-state index contributed by atoms with van der Waals surface area (Å²) in [5.41, 5.74) is 16.7. The quantitative estimate of drug-likeness (QED) is 0.115. The second-order valence-electron chi connectivity index (χ2n) is 16.6. The number of nitrogens with zero attached hydrogens (tertiary/aromatic N) is 9. The first-order valence-electron chi connectivity index (χ1n) is 21.2. The van der Waals surface area contributed by atoms with Crippen LogP contribution in [0.1, 0.15) is 60.3 Å². The lowest BCUT2D eigenvalue weighted by atomic mass is 9.90. The van der Waals surface area contributed by atoms with Crippen LogP contribution in [-0.4, -0.2) is 89.5 Å². The third-order valence-electron chi connectivity index (χ3n) is 12.6. The maximum absolute atomic E-state index is 14.1. The van der Waals surface area contributed by atoms with Gasteiger partial charge in [-0.05, 0) is 113 Å². The summed E-state index contributed by atoms with van der Waals surface area (Å²) in [5, 5.41) is 20.9. The number of aromatic nitrogens is 7. The first-order valence-corrected chi connectivity index (χ1v) is 22.8. The van der Waals surface area contributed by atoms with E-state index in [1.807, 2.05) is 40.9 Å². The van der Waals surface area contributed by atoms with Crippen LogP contribution in [0.3, 0.4) is 0 Å². The van der Waals surface area contributed by atoms with Crippen LogP contribution in [0.5, 0.6) is 0 Å². The third-order valence-corrected chi connectivity index (χ3v) is 14.4. The molecule has 1 atom stereocenters. The lowest BCUT2D eigenvalue weighted by Crippen LogP contribution is -2.45. The highest BCUT2D eigenvalue weighted by Gasteiger charge is 2.26. The number of nitrogens with two attached hydrogens (primary N) is 1. The Bertz CT molecular complexity index is 2870. The van der Waals surface area contributed by atoms with Crippen LogP contribution in [0.4, 0.5) is 10.2 Å². The maximum atomic E-state index is 14.1. The van der Waals surface area contributed by atoms with E-state index in [1.54, 1.807) is 23.0 Å². The molecule has 0 spiro atoms. The van der Waals surface area contributed by atoms with Crippen LogP contribution in [0.2, 0.25) is 0 Å². The number of hydrogen-bond donors (Lipinski definition) is 4. The van der Waals surface area contributed by atoms with E-state index in [9.17, 15) is 9.18 Å². The Labute approximate surface area is 374 Å². The summed E-state index contributed by atoms with van der Waals surface area (Å²) in [6.45, 7) is 6.53. The van der Waals surface area contributed by atoms with Crippen molar-refractivity contribution < 1.29 is 9.18 Å². The van der Waals surface area contributed by atoms with Gasteiger partial charge in [0.2, 0.25) is 5.91 Å². The lowest BCUT2D eigenvalue weighted by molar-refractivity contribution is -0.131. The van der Waals surface area contributed by atoms with Crippen molar-refractivity contribution in [3.8, 4) is 11.1 Å². The number of rotatable bonds is 10. The van der Waals surface area contributed by atoms with Crippen molar-refractivity contribution in [3.05, 3.63) is 110 Å². The van der Waals surface area contributed by atoms with Crippen molar-refractivity contribution >= 4 is 77.6 Å². The molecule has 8 heterocycles. The molecular weight excluding hydrogens is 917 g/mol. The van der Waals surface area contributed by atoms with E-state index in [0.717, 1.165) is 115 Å². The van der Waals surface area contributed by atoms with E-state index < -0.39 is 0 Å². The highest BCUT2D eigenvalue weighted by molar-refractivity contribution is 9.11. The molecule has 1 amide bonds. The average Bonchev–Trinajstić information content (AvgIpc) is 3.93. The molecule has 318 valence electrons. The molecule has 1 aromatic carbocycles. The number of benzene rings is 1. The molecule has 0 radical (unpaired) electrons. The minimum Gasteiger partial charge on any atom is -0.383 e. The summed E-state index contributed by atoms with van der Waals surface area (Å²) in [4.78, 5) is 35.1. The molecule has 17 heteroatoms. The molecule has 1 aliphatic carbocycles. The van der Waals surface area contributed by atoms with Crippen LogP contribution < -0.4 is 21.7 Å². The van der Waals surface area contributed by atoms with Crippen LogP contribution >= 0.6 is 31.9 Å². The van der Waals surface area contributed by atoms with Crippen LogP contribution in [-0.2, 0) is 24.3 Å². The smallest absolute Gasteiger partial charge is 0.226 e. The Balaban J connectivity index is 0.779. The zero-order valence-corrected chi connectivity index (χ0v) is 37.4. The molecule has 14 nitrogen and oxygen atoms in total. The number of allylic oxidation sites excluding steroid dienone is 5. The molecule has 62 heavy (non-hydrogen) atoms.